The Labute approximate surface area is 483 Å². The molecule has 8 fully saturated rings. The van der Waals surface area contributed by atoms with Crippen molar-refractivity contribution >= 4 is 11.9 Å². The van der Waals surface area contributed by atoms with Gasteiger partial charge in [-0.1, -0.05) is 66.2 Å². The lowest BCUT2D eigenvalue weighted by Gasteiger charge is -2.72. The van der Waals surface area contributed by atoms with Gasteiger partial charge in [0.25, 0.3) is 0 Å². The van der Waals surface area contributed by atoms with Gasteiger partial charge < -0.3 is 114 Å². The van der Waals surface area contributed by atoms with Crippen LogP contribution in [0.15, 0.2) is 23.3 Å². The number of carbonyl (C=O) groups excluding carboxylic acids is 1. The molecule has 4 saturated carbocycles. The van der Waals surface area contributed by atoms with Crippen LogP contribution in [-0.2, 0) is 52.2 Å². The van der Waals surface area contributed by atoms with Gasteiger partial charge >= 0.3 is 11.9 Å². The number of fused-ring (bicyclic) bond motifs is 7. The molecule has 5 aliphatic carbocycles. The summed E-state index contributed by atoms with van der Waals surface area (Å²) in [5, 5.41) is 154. The van der Waals surface area contributed by atoms with Crippen LogP contribution < -0.4 is 0 Å². The van der Waals surface area contributed by atoms with Crippen molar-refractivity contribution in [2.45, 2.75) is 255 Å². The number of aliphatic hydroxyl groups excluding tert-OH is 13. The maximum Gasteiger partial charge on any atom is 0.335 e. The number of carboxylic acid groups (broad SMARTS) is 1. The number of carboxylic acids is 1. The minimum absolute atomic E-state index is 0.0163. The molecule has 0 radical (unpaired) electrons. The molecule has 83 heavy (non-hydrogen) atoms. The molecule has 0 spiro atoms. The van der Waals surface area contributed by atoms with Gasteiger partial charge in [0.2, 0.25) is 0 Å². The monoisotopic (exact) mass is 1190 g/mol. The van der Waals surface area contributed by atoms with Gasteiger partial charge in [0.1, 0.15) is 91.6 Å². The smallest absolute Gasteiger partial charge is 0.335 e. The minimum Gasteiger partial charge on any atom is -0.479 e. The highest BCUT2D eigenvalue weighted by molar-refractivity contribution is 5.87. The van der Waals surface area contributed by atoms with Crippen LogP contribution in [0.4, 0.5) is 0 Å². The summed E-state index contributed by atoms with van der Waals surface area (Å²) in [5.41, 5.74) is -3.50. The van der Waals surface area contributed by atoms with Gasteiger partial charge in [-0.25, -0.2) is 9.59 Å². The summed E-state index contributed by atoms with van der Waals surface area (Å²) >= 11 is 0. The summed E-state index contributed by atoms with van der Waals surface area (Å²) < 4.78 is 55.6. The molecular weight excluding hydrogens is 1100 g/mol. The van der Waals surface area contributed by atoms with Crippen molar-refractivity contribution in [1.82, 2.24) is 0 Å². The number of rotatable bonds is 14. The lowest BCUT2D eigenvalue weighted by molar-refractivity contribution is -0.386. The third-order valence-corrected chi connectivity index (χ3v) is 22.4. The zero-order valence-electron chi connectivity index (χ0n) is 49.0. The van der Waals surface area contributed by atoms with Crippen LogP contribution >= 0.6 is 0 Å². The van der Waals surface area contributed by atoms with Gasteiger partial charge in [-0.05, 0) is 111 Å². The maximum atomic E-state index is 14.0. The van der Waals surface area contributed by atoms with Crippen molar-refractivity contribution in [3.63, 3.8) is 0 Å². The molecule has 3 unspecified atom stereocenters. The molecule has 0 aromatic carbocycles. The van der Waals surface area contributed by atoms with Gasteiger partial charge in [-0.3, -0.25) is 0 Å². The summed E-state index contributed by atoms with van der Waals surface area (Å²) in [6, 6.07) is 0. The highest BCUT2D eigenvalue weighted by Crippen LogP contribution is 2.76. The van der Waals surface area contributed by atoms with E-state index in [0.717, 1.165) is 5.57 Å². The van der Waals surface area contributed by atoms with Crippen molar-refractivity contribution in [3.05, 3.63) is 23.3 Å². The Hall–Kier alpha value is -2.42. The van der Waals surface area contributed by atoms with Gasteiger partial charge in [-0.2, -0.15) is 0 Å². The number of aliphatic carboxylic acids is 1. The number of hydrogen-bond donors (Lipinski definition) is 14. The Morgan fingerprint density at radius 3 is 1.78 bits per heavy atom. The van der Waals surface area contributed by atoms with Crippen LogP contribution in [0.2, 0.25) is 0 Å². The number of allylic oxidation sites excluding steroid dienone is 3. The molecule has 25 heteroatoms. The van der Waals surface area contributed by atoms with Crippen molar-refractivity contribution in [1.29, 1.82) is 0 Å². The predicted molar refractivity (Wildman–Crippen MR) is 283 cm³/mol. The normalized spacial score (nSPS) is 52.3. The predicted octanol–water partition coefficient (Wildman–Crippen LogP) is -1.37. The average molecular weight is 1190 g/mol. The molecule has 0 amide bonds. The molecule has 4 heterocycles. The summed E-state index contributed by atoms with van der Waals surface area (Å²) in [4.78, 5) is 26.9. The molecule has 9 aliphatic rings. The first kappa shape index (κ1) is 65.0. The molecule has 0 aromatic rings. The van der Waals surface area contributed by atoms with E-state index in [-0.39, 0.29) is 23.8 Å². The Kier molecular flexibility index (Phi) is 18.4. The fraction of sp³-hybridized carbons (Fsp3) is 0.897. The summed E-state index contributed by atoms with van der Waals surface area (Å²) in [6.45, 7) is 17.3. The standard InChI is InChI=1S/C58H92O25/c1-11-23(2)48(74)82-46-45(83-49-39(69)36(66)33(63)24(3)75-49)53(4,5)18-26-25-12-13-30-55(8)16-15-32(54(6,7)29(55)14-17-56(30,9)57(25,10)19-31(62)58(26,46)22-61)78-52-44(81-51-40(70)37(67)34(64)27(20-59)76-51)42(41(71)43(80-52)47(72)73)79-50-38(68)35(65)28(21-60)77-50/h11-12,24,26-46,49-52,59-71H,13-22H2,1-10H3,(H,72,73)/b23-11-/t24-,26?,27+,28-,29?,30?,31+,32-,33-,34-,35-,36+,37-,38+,39+,40+,41-,42-,43-,44+,45-,46-,49-,50-,51-,52+,55-,56+,57+,58-/m0/s1. The first-order valence-electron chi connectivity index (χ1n) is 29.4. The zero-order chi connectivity index (χ0) is 61.2. The van der Waals surface area contributed by atoms with Gasteiger partial charge in [-0.15, -0.1) is 0 Å². The molecular formula is C58H92O25. The Morgan fingerprint density at radius 1 is 0.639 bits per heavy atom. The molecule has 0 bridgehead atoms. The Balaban J connectivity index is 1.03. The molecule has 30 atom stereocenters. The van der Waals surface area contributed by atoms with Crippen molar-refractivity contribution in [2.75, 3.05) is 19.8 Å². The first-order chi connectivity index (χ1) is 38.7. The number of esters is 1. The topological polar surface area (TPSA) is 400 Å². The number of aliphatic hydroxyl groups is 13. The van der Waals surface area contributed by atoms with E-state index in [1.807, 2.05) is 27.7 Å². The minimum atomic E-state index is -2.12. The highest BCUT2D eigenvalue weighted by Gasteiger charge is 2.74. The number of carbonyl (C=O) groups is 2. The lowest BCUT2D eigenvalue weighted by atomic mass is 9.33. The molecule has 0 aromatic heterocycles. The average Bonchev–Trinajstić information content (AvgIpc) is 0.969. The quantitative estimate of drug-likeness (QED) is 0.0413. The van der Waals surface area contributed by atoms with Gasteiger partial charge in [0.05, 0.1) is 43.5 Å². The molecule has 14 N–H and O–H groups in total. The molecule has 474 valence electrons. The number of hydrogen-bond acceptors (Lipinski definition) is 24. The lowest BCUT2D eigenvalue weighted by Crippen LogP contribution is -2.73. The summed E-state index contributed by atoms with van der Waals surface area (Å²) in [6.07, 6.45) is -29.8. The highest BCUT2D eigenvalue weighted by atomic mass is 16.8. The van der Waals surface area contributed by atoms with Crippen LogP contribution in [0, 0.1) is 50.2 Å². The van der Waals surface area contributed by atoms with E-state index in [4.69, 9.17) is 42.6 Å². The molecule has 25 nitrogen and oxygen atoms in total. The first-order valence-corrected chi connectivity index (χ1v) is 29.4. The number of ether oxygens (including phenoxy) is 9. The van der Waals surface area contributed by atoms with Crippen LogP contribution in [0.25, 0.3) is 0 Å². The molecule has 9 rings (SSSR count). The fourth-order valence-electron chi connectivity index (χ4n) is 17.2. The van der Waals surface area contributed by atoms with Crippen molar-refractivity contribution in [3.8, 4) is 0 Å². The van der Waals surface area contributed by atoms with E-state index in [2.05, 4.69) is 26.8 Å². The summed E-state index contributed by atoms with van der Waals surface area (Å²) in [7, 11) is 0. The zero-order valence-corrected chi connectivity index (χ0v) is 49.0. The van der Waals surface area contributed by atoms with Crippen molar-refractivity contribution < 1.29 is 124 Å². The fourth-order valence-corrected chi connectivity index (χ4v) is 17.2. The molecule has 4 saturated heterocycles. The Morgan fingerprint density at radius 2 is 1.20 bits per heavy atom. The van der Waals surface area contributed by atoms with Crippen LogP contribution in [0.5, 0.6) is 0 Å². The third kappa shape index (κ3) is 10.4. The third-order valence-electron chi connectivity index (χ3n) is 22.4. The SMILES string of the molecule is C/C=C(/C)C(=O)O[C@H]1[C@H](O[C@@H]2O[C@@H](C)[C@H](O)[C@@H](O)[C@H]2O)C(C)(C)CC2C3=CCC4[C@@]5(C)CC[C@H](O[C@@H]6O[C@H](C(=O)O)[C@@H](O)[C@H](O[C@@H]7O[C@@H](CO)[C@H](O)[C@H]7O)[C@H]6O[C@@H]6O[C@H](CO)[C@H](O)[C@H](O)[C@H]6O)C(C)(C)C5CC[C@@]4(C)[C@]3(C)C[C@@H](O)[C@]21CO. The summed E-state index contributed by atoms with van der Waals surface area (Å²) in [5.74, 6) is -3.02. The van der Waals surface area contributed by atoms with E-state index >= 15 is 0 Å². The van der Waals surface area contributed by atoms with E-state index in [1.54, 1.807) is 19.9 Å². The molecule has 4 aliphatic heterocycles. The van der Waals surface area contributed by atoms with Crippen LogP contribution in [0.3, 0.4) is 0 Å². The van der Waals surface area contributed by atoms with Gasteiger partial charge in [0, 0.05) is 5.57 Å². The van der Waals surface area contributed by atoms with E-state index in [1.165, 1.54) is 6.92 Å². The van der Waals surface area contributed by atoms with E-state index in [9.17, 15) is 81.1 Å². The van der Waals surface area contributed by atoms with E-state index in [0.29, 0.717) is 38.5 Å². The van der Waals surface area contributed by atoms with E-state index < -0.39 is 211 Å². The largest absolute Gasteiger partial charge is 0.479 e. The van der Waals surface area contributed by atoms with Crippen molar-refractivity contribution in [2.24, 2.45) is 50.2 Å². The second-order valence-electron chi connectivity index (χ2n) is 27.4. The maximum absolute atomic E-state index is 14.0. The Bertz CT molecular complexity index is 2400. The van der Waals surface area contributed by atoms with Crippen LogP contribution in [0.1, 0.15) is 114 Å². The second kappa shape index (κ2) is 23.5. The van der Waals surface area contributed by atoms with Crippen LogP contribution in [-0.4, -0.2) is 244 Å². The van der Waals surface area contributed by atoms with Gasteiger partial charge in [0.15, 0.2) is 31.3 Å². The second-order valence-corrected chi connectivity index (χ2v) is 27.4.